The molecule has 0 N–H and O–H groups in total. The Morgan fingerprint density at radius 1 is 0.516 bits per heavy atom. The van der Waals surface area contributed by atoms with Crippen LogP contribution in [0, 0.1) is 13.8 Å². The van der Waals surface area contributed by atoms with Crippen LogP contribution in [0.5, 0.6) is 0 Å². The Morgan fingerprint density at radius 3 is 1.31 bits per heavy atom. The number of oxime groups is 1. The van der Waals surface area contributed by atoms with Crippen molar-refractivity contribution in [2.75, 3.05) is 6.54 Å². The van der Waals surface area contributed by atoms with Gasteiger partial charge in [0.05, 0.1) is 12.3 Å². The maximum Gasteiger partial charge on any atom is 0.331 e. The molecule has 0 unspecified atom stereocenters. The summed E-state index contributed by atoms with van der Waals surface area (Å²) in [7, 11) is 0. The van der Waals surface area contributed by atoms with E-state index in [1.54, 1.807) is 6.92 Å². The molecule has 0 atom stereocenters. The average Bonchev–Trinajstić information content (AvgIpc) is 3.79. The molecule has 0 aliphatic heterocycles. The fourth-order valence-electron chi connectivity index (χ4n) is 8.97. The molecule has 0 saturated carbocycles. The summed E-state index contributed by atoms with van der Waals surface area (Å²) in [5.41, 5.74) is 11.9. The predicted octanol–water partition coefficient (Wildman–Crippen LogP) is 11.9. The summed E-state index contributed by atoms with van der Waals surface area (Å²) in [6, 6.07) is 39.6. The molecule has 64 heavy (non-hydrogen) atoms. The van der Waals surface area contributed by atoms with E-state index in [4.69, 9.17) is 9.83 Å². The first kappa shape index (κ1) is 43.4. The molecule has 9 heteroatoms. The minimum absolute atomic E-state index is 0.0129. The molecule has 0 saturated heterocycles. The molecule has 0 aliphatic rings. The number of fused-ring (bicyclic) bond motifs is 6. The fourth-order valence-corrected chi connectivity index (χ4v) is 8.97. The number of aliphatic imine (C=N–C) groups is 1. The third kappa shape index (κ3) is 8.58. The molecule has 8 aromatic rings. The van der Waals surface area contributed by atoms with Gasteiger partial charge in [0.2, 0.25) is 0 Å². The highest BCUT2D eigenvalue weighted by atomic mass is 16.7. The summed E-state index contributed by atoms with van der Waals surface area (Å²) >= 11 is 0. The van der Waals surface area contributed by atoms with E-state index in [1.807, 2.05) is 105 Å². The Hall–Kier alpha value is -7.26. The molecule has 0 amide bonds. The van der Waals surface area contributed by atoms with Crippen LogP contribution in [0.3, 0.4) is 0 Å². The molecule has 0 spiro atoms. The molecule has 0 fully saturated rings. The van der Waals surface area contributed by atoms with Crippen LogP contribution in [0.4, 0.5) is 0 Å². The summed E-state index contributed by atoms with van der Waals surface area (Å²) < 4.78 is 4.50. The maximum absolute atomic E-state index is 13.7. The molecular weight excluding hydrogens is 797 g/mol. The Bertz CT molecular complexity index is 3000. The van der Waals surface area contributed by atoms with Crippen molar-refractivity contribution in [1.82, 2.24) is 9.13 Å². The van der Waals surface area contributed by atoms with Gasteiger partial charge < -0.3 is 14.0 Å². The Morgan fingerprint density at radius 2 is 0.906 bits per heavy atom. The van der Waals surface area contributed by atoms with Gasteiger partial charge in [-0.25, -0.2) is 4.79 Å². The zero-order valence-corrected chi connectivity index (χ0v) is 37.3. The lowest BCUT2D eigenvalue weighted by molar-refractivity contribution is -0.141. The Labute approximate surface area is 373 Å². The van der Waals surface area contributed by atoms with E-state index >= 15 is 0 Å². The van der Waals surface area contributed by atoms with Gasteiger partial charge in [-0.15, -0.1) is 0 Å². The Balaban J connectivity index is 1.08. The second kappa shape index (κ2) is 18.6. The van der Waals surface area contributed by atoms with Crippen LogP contribution >= 0.6 is 0 Å². The minimum atomic E-state index is -0.509. The first-order valence-electron chi connectivity index (χ1n) is 22.1. The van der Waals surface area contributed by atoms with E-state index in [1.165, 1.54) is 6.92 Å². The second-order valence-corrected chi connectivity index (χ2v) is 16.5. The van der Waals surface area contributed by atoms with Gasteiger partial charge in [0.25, 0.3) is 0 Å². The van der Waals surface area contributed by atoms with Crippen LogP contribution in [-0.4, -0.2) is 50.4 Å². The smallest absolute Gasteiger partial charge is 0.331 e. The summed E-state index contributed by atoms with van der Waals surface area (Å²) in [4.78, 5) is 61.8. The number of nitrogens with zero attached hydrogens (tertiary/aromatic N) is 4. The van der Waals surface area contributed by atoms with Gasteiger partial charge in [0.15, 0.2) is 17.3 Å². The topological polar surface area (TPSA) is 112 Å². The van der Waals surface area contributed by atoms with Crippen molar-refractivity contribution < 1.29 is 24.0 Å². The zero-order valence-electron chi connectivity index (χ0n) is 37.3. The summed E-state index contributed by atoms with van der Waals surface area (Å²) in [5.74, 6) is -0.571. The number of rotatable bonds is 16. The third-order valence-corrected chi connectivity index (χ3v) is 12.2. The second-order valence-electron chi connectivity index (χ2n) is 16.5. The first-order chi connectivity index (χ1) is 31.0. The molecule has 0 bridgehead atoms. The lowest BCUT2D eigenvalue weighted by Gasteiger charge is -2.10. The average molecular weight is 849 g/mol. The quantitative estimate of drug-likeness (QED) is 0.0316. The number of Topliss-reactive ketones (excluding diaryl/α,β-unsaturated/α-hetero) is 1. The predicted molar refractivity (Wildman–Crippen MR) is 258 cm³/mol. The highest BCUT2D eigenvalue weighted by molar-refractivity contribution is 6.18. The SMILES string of the molecule is CCn1c2ccc(C(=O)c3ccccc3C)cc2c2cc(C(CCCC/C(=N\OC(C)=O)c3ccc4c(c3)c3cc(C(=O)c5ccccc5C)ccc3n4CC)=NCC(C)=O)ccc21. The molecule has 0 radical (unpaired) electrons. The first-order valence-corrected chi connectivity index (χ1v) is 22.1. The van der Waals surface area contributed by atoms with Crippen LogP contribution in [0.2, 0.25) is 0 Å². The van der Waals surface area contributed by atoms with E-state index in [-0.39, 0.29) is 23.9 Å². The van der Waals surface area contributed by atoms with Gasteiger partial charge in [-0.1, -0.05) is 65.8 Å². The van der Waals surface area contributed by atoms with Crippen LogP contribution in [0.25, 0.3) is 43.6 Å². The molecule has 322 valence electrons. The van der Waals surface area contributed by atoms with E-state index < -0.39 is 5.97 Å². The van der Waals surface area contributed by atoms with Gasteiger partial charge in [-0.3, -0.25) is 19.4 Å². The van der Waals surface area contributed by atoms with Gasteiger partial charge in [0, 0.05) is 97.2 Å². The van der Waals surface area contributed by atoms with Crippen LogP contribution < -0.4 is 0 Å². The standard InChI is InChI=1S/C55H52N4O5/c1-7-58-50-25-21-38(29-44(50)46-31-40(23-27-52(46)58)54(62)42-17-11-9-15-34(42)3)48(56-33-36(5)60)19-13-14-20-49(57-64-37(6)61)39-22-26-51-45(30-39)47-32-41(24-28-53(47)59(51)8-2)55(63)43-18-12-10-16-35(43)4/h9-12,15-18,21-32H,7-8,13-14,19-20,33H2,1-6H3/b56-48?,57-49+. The van der Waals surface area contributed by atoms with E-state index in [0.717, 1.165) is 91.1 Å². The van der Waals surface area contributed by atoms with Gasteiger partial charge in [0.1, 0.15) is 0 Å². The molecule has 6 aromatic carbocycles. The largest absolute Gasteiger partial charge is 0.341 e. The lowest BCUT2D eigenvalue weighted by Crippen LogP contribution is -2.08. The summed E-state index contributed by atoms with van der Waals surface area (Å²) in [6.45, 7) is 12.6. The molecule has 9 nitrogen and oxygen atoms in total. The number of carbonyl (C=O) groups excluding carboxylic acids is 4. The normalized spacial score (nSPS) is 12.2. The highest BCUT2D eigenvalue weighted by Gasteiger charge is 2.20. The van der Waals surface area contributed by atoms with Crippen molar-refractivity contribution in [3.8, 4) is 0 Å². The molecular formula is C55H52N4O5. The van der Waals surface area contributed by atoms with Crippen molar-refractivity contribution >= 4 is 78.4 Å². The van der Waals surface area contributed by atoms with Crippen LogP contribution in [0.1, 0.15) is 107 Å². The Kier molecular flexibility index (Phi) is 12.6. The molecule has 2 aromatic heterocycles. The molecule has 2 heterocycles. The van der Waals surface area contributed by atoms with Crippen LogP contribution in [0.15, 0.2) is 131 Å². The van der Waals surface area contributed by atoms with E-state index in [0.29, 0.717) is 47.2 Å². The van der Waals surface area contributed by atoms with Crippen molar-refractivity contribution in [2.24, 2.45) is 10.1 Å². The monoisotopic (exact) mass is 848 g/mol. The number of unbranched alkanes of at least 4 members (excludes halogenated alkanes) is 1. The van der Waals surface area contributed by atoms with Gasteiger partial charge >= 0.3 is 5.97 Å². The number of benzene rings is 6. The van der Waals surface area contributed by atoms with Crippen molar-refractivity contribution in [3.05, 3.63) is 166 Å². The van der Waals surface area contributed by atoms with Gasteiger partial charge in [-0.2, -0.15) is 0 Å². The maximum atomic E-state index is 13.7. The highest BCUT2D eigenvalue weighted by Crippen LogP contribution is 2.34. The van der Waals surface area contributed by atoms with Crippen LogP contribution in [-0.2, 0) is 27.5 Å². The van der Waals surface area contributed by atoms with E-state index in [9.17, 15) is 19.2 Å². The van der Waals surface area contributed by atoms with Crippen molar-refractivity contribution in [2.45, 2.75) is 80.3 Å². The van der Waals surface area contributed by atoms with Crippen molar-refractivity contribution in [3.63, 3.8) is 0 Å². The molecule has 8 rings (SSSR count). The number of aromatic nitrogens is 2. The number of hydrogen-bond donors (Lipinski definition) is 0. The lowest BCUT2D eigenvalue weighted by atomic mass is 9.96. The number of carbonyl (C=O) groups is 4. The number of hydrogen-bond acceptors (Lipinski definition) is 7. The van der Waals surface area contributed by atoms with Crippen molar-refractivity contribution in [1.29, 1.82) is 0 Å². The molecule has 0 aliphatic carbocycles. The summed E-state index contributed by atoms with van der Waals surface area (Å²) in [5, 5.41) is 8.31. The number of aryl methyl sites for hydroxylation is 4. The van der Waals surface area contributed by atoms with E-state index in [2.05, 4.69) is 58.5 Å². The minimum Gasteiger partial charge on any atom is -0.341 e. The fraction of sp³-hybridized carbons (Fsp3) is 0.236. The van der Waals surface area contributed by atoms with Gasteiger partial charge in [-0.05, 0) is 138 Å². The zero-order chi connectivity index (χ0) is 45.1. The summed E-state index contributed by atoms with van der Waals surface area (Å²) in [6.07, 6.45) is 2.54. The third-order valence-electron chi connectivity index (χ3n) is 12.2. The number of ketones is 3.